The number of aliphatic hydroxyl groups excluding tert-OH is 1. The Kier molecular flexibility index (Phi) is 11.2. The van der Waals surface area contributed by atoms with Crippen molar-refractivity contribution in [3.8, 4) is 11.6 Å². The van der Waals surface area contributed by atoms with Crippen LogP contribution in [-0.2, 0) is 34.8 Å². The number of hydrogen-bond donors (Lipinski definition) is 2. The summed E-state index contributed by atoms with van der Waals surface area (Å²) in [6, 6.07) is 11.3. The van der Waals surface area contributed by atoms with E-state index < -0.39 is 33.9 Å². The van der Waals surface area contributed by atoms with Gasteiger partial charge in [-0.05, 0) is 103 Å². The van der Waals surface area contributed by atoms with Gasteiger partial charge in [0.2, 0.25) is 5.88 Å². The highest BCUT2D eigenvalue weighted by molar-refractivity contribution is 7.75. The van der Waals surface area contributed by atoms with E-state index in [1.165, 1.54) is 23.6 Å². The van der Waals surface area contributed by atoms with Crippen LogP contribution in [0.4, 0.5) is 5.69 Å². The molecular formula is C36H45ClN5O6S-. The summed E-state index contributed by atoms with van der Waals surface area (Å²) in [6.45, 7) is 3.66. The number of methoxy groups -OCH3 is 1. The van der Waals surface area contributed by atoms with Gasteiger partial charge in [-0.25, -0.2) is 0 Å². The molecule has 264 valence electrons. The zero-order valence-electron chi connectivity index (χ0n) is 28.3. The summed E-state index contributed by atoms with van der Waals surface area (Å²) < 4.78 is 31.1. The molecule has 2 amide bonds. The van der Waals surface area contributed by atoms with Crippen molar-refractivity contribution < 1.29 is 28.4 Å². The number of aryl methyl sites for hydroxylation is 2. The van der Waals surface area contributed by atoms with Crippen LogP contribution in [0.5, 0.6) is 11.6 Å². The predicted octanol–water partition coefficient (Wildman–Crippen LogP) is 6.05. The first kappa shape index (κ1) is 35.2. The van der Waals surface area contributed by atoms with Crippen molar-refractivity contribution in [1.29, 1.82) is 0 Å². The van der Waals surface area contributed by atoms with Crippen LogP contribution >= 0.6 is 11.6 Å². The van der Waals surface area contributed by atoms with Gasteiger partial charge in [-0.3, -0.25) is 14.3 Å². The Morgan fingerprint density at radius 2 is 1.94 bits per heavy atom. The minimum absolute atomic E-state index is 0.137. The molecule has 5 atom stereocenters. The smallest absolute Gasteiger partial charge is 0.257 e. The van der Waals surface area contributed by atoms with Gasteiger partial charge in [0.25, 0.3) is 11.8 Å². The van der Waals surface area contributed by atoms with Crippen LogP contribution in [0.1, 0.15) is 83.7 Å². The molecule has 1 fully saturated rings. The van der Waals surface area contributed by atoms with Gasteiger partial charge < -0.3 is 33.4 Å². The highest BCUT2D eigenvalue weighted by Crippen LogP contribution is 2.42. The average Bonchev–Trinajstić information content (AvgIpc) is 3.44. The van der Waals surface area contributed by atoms with E-state index in [1.807, 2.05) is 19.1 Å². The van der Waals surface area contributed by atoms with Gasteiger partial charge in [0.05, 0.1) is 25.5 Å². The standard InChI is InChI=1S/C36H45ClN5O6S/c1-22-7-6-9-31(43)28-14-11-26(28)20-42-19-25-10-13-27(37)17-23(25)8-4-5-16-48-32-15-12-24(18-30(32)42)33(44)40-49(46)36(22)38-34(45)29-21-41(2)39-35(29)47-3/h10,12-13,15,17-18,21-22,26,28,31,36,43H,4-9,11,14,16,19-20H2,1-3H3,(H,38,45)/q-1/t22-,26-,28+,31-,36?/m0/s1. The Bertz CT molecular complexity index is 1770. The molecule has 3 aromatic rings. The number of amides is 2. The number of benzene rings is 2. The summed E-state index contributed by atoms with van der Waals surface area (Å²) in [6.07, 6.45) is 7.47. The lowest BCUT2D eigenvalue weighted by Crippen LogP contribution is -2.43. The Morgan fingerprint density at radius 3 is 2.71 bits per heavy atom. The van der Waals surface area contributed by atoms with Gasteiger partial charge in [0.15, 0.2) is 0 Å². The first-order chi connectivity index (χ1) is 23.6. The van der Waals surface area contributed by atoms with Crippen molar-refractivity contribution >= 4 is 39.7 Å². The van der Waals surface area contributed by atoms with E-state index >= 15 is 0 Å². The molecule has 1 aliphatic carbocycles. The molecule has 2 aliphatic heterocycles. The molecule has 2 N–H and O–H groups in total. The number of nitrogens with zero attached hydrogens (tertiary/aromatic N) is 4. The van der Waals surface area contributed by atoms with Crippen LogP contribution in [0.3, 0.4) is 0 Å². The molecule has 1 saturated carbocycles. The minimum atomic E-state index is -2.12. The zero-order chi connectivity index (χ0) is 34.7. The fourth-order valence-corrected chi connectivity index (χ4v) is 8.56. The van der Waals surface area contributed by atoms with Gasteiger partial charge in [-0.1, -0.05) is 37.4 Å². The van der Waals surface area contributed by atoms with Gasteiger partial charge in [-0.2, -0.15) is 10.6 Å². The number of fused-ring (bicyclic) bond motifs is 3. The second-order valence-electron chi connectivity index (χ2n) is 13.6. The van der Waals surface area contributed by atoms with Gasteiger partial charge >= 0.3 is 0 Å². The van der Waals surface area contributed by atoms with Crippen LogP contribution in [-0.4, -0.2) is 58.4 Å². The lowest BCUT2D eigenvalue weighted by atomic mass is 9.69. The summed E-state index contributed by atoms with van der Waals surface area (Å²) >= 11 is 6.43. The van der Waals surface area contributed by atoms with E-state index in [-0.39, 0.29) is 34.8 Å². The molecule has 1 aromatic heterocycles. The molecule has 2 bridgehead atoms. The number of aliphatic hydroxyl groups is 1. The second-order valence-corrected chi connectivity index (χ2v) is 15.2. The molecule has 1 unspecified atom stereocenters. The second kappa shape index (κ2) is 15.5. The summed E-state index contributed by atoms with van der Waals surface area (Å²) in [7, 11) is 0.977. The molecule has 11 nitrogen and oxygen atoms in total. The monoisotopic (exact) mass is 710 g/mol. The largest absolute Gasteiger partial charge is 0.491 e. The van der Waals surface area contributed by atoms with E-state index in [1.54, 1.807) is 25.2 Å². The molecule has 3 aliphatic rings. The number of hydrogen-bond acceptors (Lipinski definition) is 9. The third kappa shape index (κ3) is 8.07. The molecule has 0 radical (unpaired) electrons. The normalized spacial score (nSPS) is 25.4. The number of nitrogens with one attached hydrogen (secondary N) is 1. The molecule has 0 saturated heterocycles. The number of ether oxygens (including phenoxy) is 2. The maximum atomic E-state index is 13.9. The van der Waals surface area contributed by atoms with Gasteiger partial charge in [0.1, 0.15) is 11.3 Å². The van der Waals surface area contributed by atoms with Crippen LogP contribution in [0.15, 0.2) is 47.0 Å². The Morgan fingerprint density at radius 1 is 1.10 bits per heavy atom. The average molecular weight is 711 g/mol. The van der Waals surface area contributed by atoms with Crippen molar-refractivity contribution in [2.24, 2.45) is 29.2 Å². The molecule has 2 aromatic carbocycles. The van der Waals surface area contributed by atoms with E-state index in [4.69, 9.17) is 21.1 Å². The number of carbonyl (C=O) groups is 2. The van der Waals surface area contributed by atoms with E-state index in [2.05, 4.69) is 25.7 Å². The fraction of sp³-hybridized carbons (Fsp3) is 0.528. The number of anilines is 1. The van der Waals surface area contributed by atoms with Crippen molar-refractivity contribution in [2.45, 2.75) is 76.3 Å². The van der Waals surface area contributed by atoms with E-state index in [0.29, 0.717) is 49.7 Å². The zero-order valence-corrected chi connectivity index (χ0v) is 29.8. The van der Waals surface area contributed by atoms with Crippen LogP contribution < -0.4 is 19.7 Å². The Labute approximate surface area is 294 Å². The number of halogens is 1. The summed E-state index contributed by atoms with van der Waals surface area (Å²) in [5.74, 6) is -0.286. The van der Waals surface area contributed by atoms with E-state index in [9.17, 15) is 18.9 Å². The van der Waals surface area contributed by atoms with Crippen molar-refractivity contribution in [3.05, 3.63) is 69.9 Å². The molecule has 6 rings (SSSR count). The molecule has 0 spiro atoms. The quantitative estimate of drug-likeness (QED) is 0.314. The number of aromatic nitrogens is 2. The molecular weight excluding hydrogens is 666 g/mol. The number of carbonyl (C=O) groups excluding carboxylic acids is 2. The first-order valence-corrected chi connectivity index (χ1v) is 18.7. The Balaban J connectivity index is 1.39. The van der Waals surface area contributed by atoms with Gasteiger partial charge in [-0.15, -0.1) is 5.10 Å². The third-order valence-electron chi connectivity index (χ3n) is 10.2. The highest BCUT2D eigenvalue weighted by atomic mass is 35.5. The van der Waals surface area contributed by atoms with Crippen LogP contribution in [0, 0.1) is 17.8 Å². The van der Waals surface area contributed by atoms with Crippen molar-refractivity contribution in [1.82, 2.24) is 15.1 Å². The minimum Gasteiger partial charge on any atom is -0.491 e. The Hall–Kier alpha value is -3.61. The molecule has 3 heterocycles. The summed E-state index contributed by atoms with van der Waals surface area (Å²) in [4.78, 5) is 29.4. The first-order valence-electron chi connectivity index (χ1n) is 17.1. The molecule has 13 heteroatoms. The van der Waals surface area contributed by atoms with Crippen molar-refractivity contribution in [3.63, 3.8) is 0 Å². The topological polar surface area (TPSA) is 135 Å². The fourth-order valence-electron chi connectivity index (χ4n) is 7.24. The lowest BCUT2D eigenvalue weighted by Gasteiger charge is -2.43. The maximum absolute atomic E-state index is 13.9. The SMILES string of the molecule is COc1nn(C)cc1C(=O)NC1[C@@H](C)CCC[C@H](O)[C@@H]2CC[C@H]2CN2Cc3ccc(Cl)cc3CCCCOc3ccc(cc32)C(=O)N=[S-]1=O. The summed E-state index contributed by atoms with van der Waals surface area (Å²) in [5, 5.41) is 18.1. The lowest BCUT2D eigenvalue weighted by molar-refractivity contribution is 0.00871. The number of rotatable bonds is 3. The van der Waals surface area contributed by atoms with Crippen molar-refractivity contribution in [2.75, 3.05) is 25.2 Å². The summed E-state index contributed by atoms with van der Waals surface area (Å²) in [5.41, 5.74) is 3.56. The van der Waals surface area contributed by atoms with E-state index in [0.717, 1.165) is 43.4 Å². The van der Waals surface area contributed by atoms with Crippen LogP contribution in [0.2, 0.25) is 5.02 Å². The highest BCUT2D eigenvalue weighted by Gasteiger charge is 2.38. The molecule has 49 heavy (non-hydrogen) atoms. The van der Waals surface area contributed by atoms with Gasteiger partial charge in [0, 0.05) is 36.9 Å². The maximum Gasteiger partial charge on any atom is 0.257 e. The predicted molar refractivity (Wildman–Crippen MR) is 188 cm³/mol. The van der Waals surface area contributed by atoms with Crippen LogP contribution in [0.25, 0.3) is 0 Å². The third-order valence-corrected chi connectivity index (χ3v) is 11.8.